The van der Waals surface area contributed by atoms with Crippen molar-refractivity contribution in [3.63, 3.8) is 0 Å². The third-order valence-corrected chi connectivity index (χ3v) is 2.31. The molecule has 0 spiro atoms. The average molecular weight is 167 g/mol. The highest BCUT2D eigenvalue weighted by Gasteiger charge is 2.11. The fourth-order valence-electron chi connectivity index (χ4n) is 1.54. The molecule has 0 aromatic heterocycles. The van der Waals surface area contributed by atoms with E-state index in [9.17, 15) is 0 Å². The summed E-state index contributed by atoms with van der Waals surface area (Å²) in [5, 5.41) is 14.9. The number of nitrogens with zero attached hydrogens (tertiary/aromatic N) is 1. The summed E-state index contributed by atoms with van der Waals surface area (Å²) >= 11 is 0. The summed E-state index contributed by atoms with van der Waals surface area (Å²) in [5.74, 6) is 0.824. The van der Waals surface area contributed by atoms with E-state index >= 15 is 0 Å². The van der Waals surface area contributed by atoms with E-state index in [1.54, 1.807) is 0 Å². The summed E-state index contributed by atoms with van der Waals surface area (Å²) in [4.78, 5) is 0. The van der Waals surface area contributed by atoms with Crippen LogP contribution in [0, 0.1) is 17.2 Å². The zero-order valence-corrected chi connectivity index (χ0v) is 7.47. The molecule has 3 heteroatoms. The van der Waals surface area contributed by atoms with Crippen molar-refractivity contribution in [3.05, 3.63) is 0 Å². The van der Waals surface area contributed by atoms with E-state index < -0.39 is 0 Å². The number of nitriles is 1. The third kappa shape index (κ3) is 3.70. The maximum atomic E-state index is 8.30. The Morgan fingerprint density at radius 1 is 1.42 bits per heavy atom. The van der Waals surface area contributed by atoms with Gasteiger partial charge in [-0.3, -0.25) is 0 Å². The van der Waals surface area contributed by atoms with Crippen LogP contribution in [0.1, 0.15) is 19.3 Å². The van der Waals surface area contributed by atoms with Crippen molar-refractivity contribution >= 4 is 0 Å². The Labute approximate surface area is 74.1 Å². The summed E-state index contributed by atoms with van der Waals surface area (Å²) in [6, 6.07) is 2.13. The van der Waals surface area contributed by atoms with Gasteiger partial charge in [-0.25, -0.2) is 0 Å². The second kappa shape index (κ2) is 5.99. The van der Waals surface area contributed by atoms with Crippen LogP contribution in [0.25, 0.3) is 0 Å². The molecule has 2 N–H and O–H groups in total. The van der Waals surface area contributed by atoms with E-state index in [4.69, 9.17) is 5.26 Å². The van der Waals surface area contributed by atoms with Crippen molar-refractivity contribution < 1.29 is 0 Å². The first-order valence-electron chi connectivity index (χ1n) is 4.72. The fraction of sp³-hybridized carbons (Fsp3) is 0.889. The van der Waals surface area contributed by atoms with Crippen molar-refractivity contribution in [1.29, 1.82) is 5.26 Å². The third-order valence-electron chi connectivity index (χ3n) is 2.31. The molecule has 0 radical (unpaired) electrons. The highest BCUT2D eigenvalue weighted by molar-refractivity contribution is 4.73. The molecule has 0 aliphatic carbocycles. The minimum atomic E-state index is 0.630. The van der Waals surface area contributed by atoms with Gasteiger partial charge in [-0.1, -0.05) is 0 Å². The van der Waals surface area contributed by atoms with Crippen molar-refractivity contribution in [1.82, 2.24) is 10.6 Å². The predicted octanol–water partition coefficient (Wildman–Crippen LogP) is 0.489. The SMILES string of the molecule is N#CCCNCC1CCNCC1. The molecule has 0 aromatic rings. The molecule has 1 fully saturated rings. The Balaban J connectivity index is 1.95. The fourth-order valence-corrected chi connectivity index (χ4v) is 1.54. The van der Waals surface area contributed by atoms with Gasteiger partial charge in [0.2, 0.25) is 0 Å². The van der Waals surface area contributed by atoms with E-state index in [0.29, 0.717) is 6.42 Å². The van der Waals surface area contributed by atoms with Crippen LogP contribution >= 0.6 is 0 Å². The van der Waals surface area contributed by atoms with Gasteiger partial charge in [0.1, 0.15) is 0 Å². The normalized spacial score (nSPS) is 18.9. The van der Waals surface area contributed by atoms with Gasteiger partial charge in [0.25, 0.3) is 0 Å². The molecule has 0 bridgehead atoms. The van der Waals surface area contributed by atoms with Gasteiger partial charge < -0.3 is 10.6 Å². The Morgan fingerprint density at radius 2 is 2.17 bits per heavy atom. The highest BCUT2D eigenvalue weighted by atomic mass is 14.9. The van der Waals surface area contributed by atoms with Crippen LogP contribution < -0.4 is 10.6 Å². The maximum Gasteiger partial charge on any atom is 0.0635 e. The first-order valence-corrected chi connectivity index (χ1v) is 4.72. The minimum Gasteiger partial charge on any atom is -0.317 e. The van der Waals surface area contributed by atoms with Crippen LogP contribution in [0.5, 0.6) is 0 Å². The standard InChI is InChI=1S/C9H17N3/c10-4-1-5-12-8-9-2-6-11-7-3-9/h9,11-12H,1-3,5-8H2. The molecule has 0 amide bonds. The monoisotopic (exact) mass is 167 g/mol. The van der Waals surface area contributed by atoms with Crippen LogP contribution in [-0.2, 0) is 0 Å². The van der Waals surface area contributed by atoms with Crippen LogP contribution in [-0.4, -0.2) is 26.2 Å². The molecule has 1 aliphatic heterocycles. The Morgan fingerprint density at radius 3 is 2.83 bits per heavy atom. The number of nitrogens with one attached hydrogen (secondary N) is 2. The smallest absolute Gasteiger partial charge is 0.0635 e. The molecule has 0 unspecified atom stereocenters. The lowest BCUT2D eigenvalue weighted by atomic mass is 9.98. The van der Waals surface area contributed by atoms with Crippen LogP contribution in [0.4, 0.5) is 0 Å². The lowest BCUT2D eigenvalue weighted by Gasteiger charge is -2.22. The van der Waals surface area contributed by atoms with E-state index in [2.05, 4.69) is 16.7 Å². The molecule has 0 atom stereocenters. The lowest BCUT2D eigenvalue weighted by Crippen LogP contribution is -2.33. The molecular formula is C9H17N3. The average Bonchev–Trinajstić information content (AvgIpc) is 2.14. The van der Waals surface area contributed by atoms with Crippen LogP contribution in [0.3, 0.4) is 0 Å². The molecule has 3 nitrogen and oxygen atoms in total. The van der Waals surface area contributed by atoms with E-state index in [1.165, 1.54) is 12.8 Å². The van der Waals surface area contributed by atoms with Gasteiger partial charge in [0.05, 0.1) is 6.07 Å². The first-order chi connectivity index (χ1) is 5.93. The van der Waals surface area contributed by atoms with Crippen molar-refractivity contribution in [2.24, 2.45) is 5.92 Å². The van der Waals surface area contributed by atoms with E-state index in [1.807, 2.05) is 0 Å². The number of hydrogen-bond donors (Lipinski definition) is 2. The van der Waals surface area contributed by atoms with Crippen molar-refractivity contribution in [2.75, 3.05) is 26.2 Å². The molecule has 12 heavy (non-hydrogen) atoms. The molecule has 1 heterocycles. The molecule has 0 aromatic carbocycles. The van der Waals surface area contributed by atoms with Crippen LogP contribution in [0.15, 0.2) is 0 Å². The zero-order valence-electron chi connectivity index (χ0n) is 7.47. The summed E-state index contributed by atoms with van der Waals surface area (Å²) in [5.41, 5.74) is 0. The molecule has 0 saturated carbocycles. The molecule has 68 valence electrons. The summed E-state index contributed by atoms with van der Waals surface area (Å²) in [7, 11) is 0. The molecule has 1 saturated heterocycles. The summed E-state index contributed by atoms with van der Waals surface area (Å²) < 4.78 is 0. The largest absolute Gasteiger partial charge is 0.317 e. The second-order valence-corrected chi connectivity index (χ2v) is 3.31. The Kier molecular flexibility index (Phi) is 4.74. The van der Waals surface area contributed by atoms with E-state index in [0.717, 1.165) is 32.1 Å². The Hall–Kier alpha value is -0.590. The molecular weight excluding hydrogens is 150 g/mol. The van der Waals surface area contributed by atoms with Gasteiger partial charge in [-0.2, -0.15) is 5.26 Å². The summed E-state index contributed by atoms with van der Waals surface area (Å²) in [6.07, 6.45) is 3.18. The Bertz CT molecular complexity index is 144. The van der Waals surface area contributed by atoms with Gasteiger partial charge in [0.15, 0.2) is 0 Å². The quantitative estimate of drug-likeness (QED) is 0.599. The van der Waals surface area contributed by atoms with Crippen LogP contribution in [0.2, 0.25) is 0 Å². The second-order valence-electron chi connectivity index (χ2n) is 3.31. The highest BCUT2D eigenvalue weighted by Crippen LogP contribution is 2.09. The number of hydrogen-bond acceptors (Lipinski definition) is 3. The zero-order chi connectivity index (χ0) is 8.65. The van der Waals surface area contributed by atoms with Crippen molar-refractivity contribution in [2.45, 2.75) is 19.3 Å². The molecule has 1 aliphatic rings. The topological polar surface area (TPSA) is 47.9 Å². The molecule has 1 rings (SSSR count). The predicted molar refractivity (Wildman–Crippen MR) is 48.7 cm³/mol. The van der Waals surface area contributed by atoms with E-state index in [-0.39, 0.29) is 0 Å². The van der Waals surface area contributed by atoms with Gasteiger partial charge in [0, 0.05) is 13.0 Å². The first kappa shape index (κ1) is 9.50. The number of piperidine rings is 1. The number of rotatable bonds is 4. The van der Waals surface area contributed by atoms with Crippen molar-refractivity contribution in [3.8, 4) is 6.07 Å². The van der Waals surface area contributed by atoms with Gasteiger partial charge >= 0.3 is 0 Å². The van der Waals surface area contributed by atoms with Gasteiger partial charge in [-0.05, 0) is 38.4 Å². The lowest BCUT2D eigenvalue weighted by molar-refractivity contribution is 0.358. The minimum absolute atomic E-state index is 0.630. The maximum absolute atomic E-state index is 8.30. The summed E-state index contributed by atoms with van der Waals surface area (Å²) in [6.45, 7) is 4.25. The van der Waals surface area contributed by atoms with Gasteiger partial charge in [-0.15, -0.1) is 0 Å².